The number of amides is 1. The van der Waals surface area contributed by atoms with Crippen LogP contribution in [0.15, 0.2) is 24.3 Å². The Morgan fingerprint density at radius 2 is 1.86 bits per heavy atom. The summed E-state index contributed by atoms with van der Waals surface area (Å²) in [5, 5.41) is 13.4. The van der Waals surface area contributed by atoms with Crippen LogP contribution in [-0.4, -0.2) is 65.0 Å². The summed E-state index contributed by atoms with van der Waals surface area (Å²) < 4.78 is 26.1. The monoisotopic (exact) mass is 469 g/mol. The van der Waals surface area contributed by atoms with Crippen molar-refractivity contribution in [3.05, 3.63) is 24.3 Å². The molecule has 2 fully saturated rings. The lowest BCUT2D eigenvalue weighted by atomic mass is 9.95. The number of aliphatic hydroxyl groups is 1. The molecule has 2 heterocycles. The molecule has 0 aliphatic carbocycles. The van der Waals surface area contributed by atoms with Crippen molar-refractivity contribution in [2.45, 2.75) is 54.1 Å². The number of hydrogen-bond donors (Lipinski definition) is 2. The number of carbonyl (C=O) groups is 1. The number of halogens is 3. The van der Waals surface area contributed by atoms with E-state index >= 15 is 0 Å². The highest BCUT2D eigenvalue weighted by atomic mass is 35.6. The second-order valence-electron chi connectivity index (χ2n) is 7.12. The van der Waals surface area contributed by atoms with Gasteiger partial charge in [0.05, 0.1) is 13.7 Å². The van der Waals surface area contributed by atoms with E-state index in [9.17, 15) is 9.90 Å². The molecule has 1 aromatic carbocycles. The maximum absolute atomic E-state index is 12.2. The van der Waals surface area contributed by atoms with Gasteiger partial charge >= 0.3 is 0 Å². The fourth-order valence-electron chi connectivity index (χ4n) is 3.12. The van der Waals surface area contributed by atoms with E-state index in [0.717, 1.165) is 0 Å². The average molecular weight is 471 g/mol. The van der Waals surface area contributed by atoms with Gasteiger partial charge in [0.15, 0.2) is 5.79 Å². The molecule has 162 valence electrons. The molecule has 5 atom stereocenters. The zero-order chi connectivity index (χ0) is 21.4. The van der Waals surface area contributed by atoms with Gasteiger partial charge in [-0.2, -0.15) is 0 Å². The first-order chi connectivity index (χ1) is 13.5. The molecule has 1 amide bonds. The number of rotatable bonds is 4. The van der Waals surface area contributed by atoms with Crippen molar-refractivity contribution in [1.82, 2.24) is 5.32 Å². The highest BCUT2D eigenvalue weighted by Crippen LogP contribution is 2.34. The van der Waals surface area contributed by atoms with Crippen LogP contribution in [0, 0.1) is 0 Å². The normalized spacial score (nSPS) is 31.5. The molecule has 0 unspecified atom stereocenters. The minimum Gasteiger partial charge on any atom is -0.497 e. The van der Waals surface area contributed by atoms with E-state index in [1.165, 1.54) is 0 Å². The van der Waals surface area contributed by atoms with Gasteiger partial charge in [-0.25, -0.2) is 0 Å². The lowest BCUT2D eigenvalue weighted by Gasteiger charge is -2.49. The molecule has 0 bridgehead atoms. The Balaban J connectivity index is 1.83. The van der Waals surface area contributed by atoms with E-state index in [-0.39, 0.29) is 6.61 Å². The summed E-state index contributed by atoms with van der Waals surface area (Å²) in [7, 11) is 1.55. The smallest absolute Gasteiger partial charge is 0.272 e. The predicted octanol–water partition coefficient (Wildman–Crippen LogP) is 2.17. The average Bonchev–Trinajstić information content (AvgIpc) is 2.65. The van der Waals surface area contributed by atoms with Crippen molar-refractivity contribution >= 4 is 40.7 Å². The maximum atomic E-state index is 12.2. The number of methoxy groups -OCH3 is 1. The second kappa shape index (κ2) is 8.63. The standard InChI is InChI=1S/C18H22Cl3NO7/c1-17(2)26-8-11-14(29-17)13(23)12(22-16(24)18(19,20)21)15(28-11)27-10-6-4-9(25-3)5-7-10/h4-7,11-15,23H,8H2,1-3H3,(H,22,24)/t11-,12-,13-,14+,15-/m1/s1. The molecular formula is C18H22Cl3NO7. The third-order valence-corrected chi connectivity index (χ3v) is 5.07. The van der Waals surface area contributed by atoms with Crippen molar-refractivity contribution in [3.63, 3.8) is 0 Å². The van der Waals surface area contributed by atoms with E-state index < -0.39 is 46.1 Å². The summed E-state index contributed by atoms with van der Waals surface area (Å²) in [4.78, 5) is 12.2. The van der Waals surface area contributed by atoms with Crippen LogP contribution in [0.1, 0.15) is 13.8 Å². The van der Waals surface area contributed by atoms with Gasteiger partial charge in [-0.15, -0.1) is 0 Å². The number of fused-ring (bicyclic) bond motifs is 1. The molecule has 11 heteroatoms. The number of aliphatic hydroxyl groups excluding tert-OH is 1. The number of ether oxygens (including phenoxy) is 5. The van der Waals surface area contributed by atoms with Crippen LogP contribution < -0.4 is 14.8 Å². The fraction of sp³-hybridized carbons (Fsp3) is 0.611. The van der Waals surface area contributed by atoms with Crippen LogP contribution in [0.25, 0.3) is 0 Å². The van der Waals surface area contributed by atoms with Gasteiger partial charge < -0.3 is 34.1 Å². The van der Waals surface area contributed by atoms with Crippen LogP contribution in [0.4, 0.5) is 0 Å². The summed E-state index contributed by atoms with van der Waals surface area (Å²) in [6.45, 7) is 3.60. The lowest BCUT2D eigenvalue weighted by Crippen LogP contribution is -2.69. The molecular weight excluding hydrogens is 449 g/mol. The molecule has 3 rings (SSSR count). The number of alkyl halides is 3. The predicted molar refractivity (Wildman–Crippen MR) is 105 cm³/mol. The third-order valence-electron chi connectivity index (χ3n) is 4.56. The van der Waals surface area contributed by atoms with Crippen molar-refractivity contribution in [2.24, 2.45) is 0 Å². The van der Waals surface area contributed by atoms with Gasteiger partial charge in [-0.05, 0) is 38.1 Å². The second-order valence-corrected chi connectivity index (χ2v) is 9.40. The number of benzene rings is 1. The molecule has 0 aromatic heterocycles. The summed E-state index contributed by atoms with van der Waals surface area (Å²) >= 11 is 17.0. The molecule has 2 aliphatic rings. The quantitative estimate of drug-likeness (QED) is 0.651. The highest BCUT2D eigenvalue weighted by molar-refractivity contribution is 6.76. The van der Waals surface area contributed by atoms with Crippen molar-refractivity contribution < 1.29 is 33.6 Å². The first-order valence-corrected chi connectivity index (χ1v) is 9.97. The van der Waals surface area contributed by atoms with E-state index in [1.807, 2.05) is 0 Å². The minimum absolute atomic E-state index is 0.169. The van der Waals surface area contributed by atoms with Gasteiger partial charge in [0.25, 0.3) is 9.70 Å². The van der Waals surface area contributed by atoms with Crippen LogP contribution in [0.3, 0.4) is 0 Å². The van der Waals surface area contributed by atoms with Crippen LogP contribution >= 0.6 is 34.8 Å². The molecule has 1 aromatic rings. The van der Waals surface area contributed by atoms with Gasteiger partial charge in [0, 0.05) is 0 Å². The summed E-state index contributed by atoms with van der Waals surface area (Å²) in [5.74, 6) is -0.797. The summed E-state index contributed by atoms with van der Waals surface area (Å²) in [5.41, 5.74) is 0. The highest BCUT2D eigenvalue weighted by Gasteiger charge is 2.53. The lowest BCUT2D eigenvalue weighted by molar-refractivity contribution is -0.361. The Morgan fingerprint density at radius 3 is 2.45 bits per heavy atom. The Morgan fingerprint density at radius 1 is 1.24 bits per heavy atom. The van der Waals surface area contributed by atoms with Gasteiger partial charge in [0.2, 0.25) is 6.29 Å². The Kier molecular flexibility index (Phi) is 6.75. The van der Waals surface area contributed by atoms with Crippen LogP contribution in [0.2, 0.25) is 0 Å². The Bertz CT molecular complexity index is 725. The van der Waals surface area contributed by atoms with E-state index in [1.54, 1.807) is 45.2 Å². The first kappa shape index (κ1) is 22.7. The fourth-order valence-corrected chi connectivity index (χ4v) is 3.28. The van der Waals surface area contributed by atoms with Crippen LogP contribution in [-0.2, 0) is 19.0 Å². The van der Waals surface area contributed by atoms with Crippen molar-refractivity contribution in [2.75, 3.05) is 13.7 Å². The number of hydrogen-bond acceptors (Lipinski definition) is 7. The van der Waals surface area contributed by atoms with Crippen molar-refractivity contribution in [1.29, 1.82) is 0 Å². The number of nitrogens with one attached hydrogen (secondary N) is 1. The van der Waals surface area contributed by atoms with Gasteiger partial charge in [-0.3, -0.25) is 4.79 Å². The SMILES string of the molecule is COc1ccc(O[C@@H]2O[C@@H]3COC(C)(C)O[C@@H]3[C@H](O)[C@H]2NC(=O)C(Cl)(Cl)Cl)cc1. The maximum Gasteiger partial charge on any atom is 0.272 e. The zero-order valence-corrected chi connectivity index (χ0v) is 18.2. The molecule has 2 saturated heterocycles. The van der Waals surface area contributed by atoms with E-state index in [2.05, 4.69) is 5.32 Å². The molecule has 29 heavy (non-hydrogen) atoms. The van der Waals surface area contributed by atoms with Crippen LogP contribution in [0.5, 0.6) is 11.5 Å². The summed E-state index contributed by atoms with van der Waals surface area (Å²) in [6.07, 6.45) is -3.71. The first-order valence-electron chi connectivity index (χ1n) is 8.84. The van der Waals surface area contributed by atoms with Crippen molar-refractivity contribution in [3.8, 4) is 11.5 Å². The zero-order valence-electron chi connectivity index (χ0n) is 15.9. The van der Waals surface area contributed by atoms with E-state index in [4.69, 9.17) is 58.5 Å². The van der Waals surface area contributed by atoms with Gasteiger partial charge in [-0.1, -0.05) is 34.8 Å². The molecule has 0 spiro atoms. The Labute approximate surface area is 183 Å². The Hall–Kier alpha value is -1.00. The molecule has 2 N–H and O–H groups in total. The molecule has 8 nitrogen and oxygen atoms in total. The third kappa shape index (κ3) is 5.38. The molecule has 0 saturated carbocycles. The molecule has 0 radical (unpaired) electrons. The van der Waals surface area contributed by atoms with Gasteiger partial charge in [0.1, 0.15) is 35.9 Å². The minimum atomic E-state index is -2.23. The largest absolute Gasteiger partial charge is 0.497 e. The van der Waals surface area contributed by atoms with E-state index in [0.29, 0.717) is 11.5 Å². The topological polar surface area (TPSA) is 95.5 Å². The summed E-state index contributed by atoms with van der Waals surface area (Å²) in [6, 6.07) is 5.63. The molecule has 2 aliphatic heterocycles. The number of carbonyl (C=O) groups excluding carboxylic acids is 1.